The molecule has 0 aliphatic carbocycles. The number of hydrogen-bond donors (Lipinski definition) is 2. The van der Waals surface area contributed by atoms with E-state index in [1.807, 2.05) is 20.8 Å². The van der Waals surface area contributed by atoms with Gasteiger partial charge in [-0.05, 0) is 33.1 Å². The van der Waals surface area contributed by atoms with Gasteiger partial charge in [0.05, 0.1) is 0 Å². The first-order valence-corrected chi connectivity index (χ1v) is 5.98. The van der Waals surface area contributed by atoms with Crippen molar-refractivity contribution in [1.82, 2.24) is 5.32 Å². The third-order valence-electron chi connectivity index (χ3n) is 2.39. The van der Waals surface area contributed by atoms with E-state index in [2.05, 4.69) is 19.2 Å². The number of carbonyl (C=O) groups is 1. The Kier molecular flexibility index (Phi) is 6.41. The Morgan fingerprint density at radius 2 is 2.00 bits per heavy atom. The van der Waals surface area contributed by atoms with Crippen molar-refractivity contribution < 1.29 is 9.53 Å². The van der Waals surface area contributed by atoms with E-state index >= 15 is 0 Å². The first kappa shape index (κ1) is 15.2. The van der Waals surface area contributed by atoms with Crippen LogP contribution < -0.4 is 11.1 Å². The van der Waals surface area contributed by atoms with Gasteiger partial charge in [-0.15, -0.1) is 0 Å². The van der Waals surface area contributed by atoms with Crippen LogP contribution in [0.25, 0.3) is 0 Å². The van der Waals surface area contributed by atoms with Crippen LogP contribution in [0.2, 0.25) is 0 Å². The summed E-state index contributed by atoms with van der Waals surface area (Å²) in [6, 6.07) is 0.00444. The number of rotatable bonds is 5. The summed E-state index contributed by atoms with van der Waals surface area (Å²) in [5.41, 5.74) is 5.16. The van der Waals surface area contributed by atoms with E-state index in [-0.39, 0.29) is 12.1 Å². The fraction of sp³-hybridized carbons (Fsp3) is 0.917. The molecule has 1 amide bonds. The zero-order valence-electron chi connectivity index (χ0n) is 11.2. The molecule has 0 aromatic heterocycles. The van der Waals surface area contributed by atoms with Crippen LogP contribution in [0.3, 0.4) is 0 Å². The summed E-state index contributed by atoms with van der Waals surface area (Å²) in [5.74, 6) is 0.559. The van der Waals surface area contributed by atoms with Crippen molar-refractivity contribution in [3.63, 3.8) is 0 Å². The summed E-state index contributed by atoms with van der Waals surface area (Å²) in [7, 11) is 0. The lowest BCUT2D eigenvalue weighted by molar-refractivity contribution is 0.0500. The van der Waals surface area contributed by atoms with Gasteiger partial charge >= 0.3 is 6.09 Å². The second kappa shape index (κ2) is 6.74. The van der Waals surface area contributed by atoms with E-state index in [1.54, 1.807) is 0 Å². The number of amides is 1. The molecule has 3 N–H and O–H groups in total. The smallest absolute Gasteiger partial charge is 0.407 e. The molecule has 1 unspecified atom stereocenters. The quantitative estimate of drug-likeness (QED) is 0.761. The predicted molar refractivity (Wildman–Crippen MR) is 66.3 cm³/mol. The van der Waals surface area contributed by atoms with Gasteiger partial charge in [-0.2, -0.15) is 0 Å². The average molecular weight is 230 g/mol. The van der Waals surface area contributed by atoms with Crippen LogP contribution in [0, 0.1) is 5.92 Å². The zero-order chi connectivity index (χ0) is 12.8. The van der Waals surface area contributed by atoms with Gasteiger partial charge in [0.1, 0.15) is 5.60 Å². The summed E-state index contributed by atoms with van der Waals surface area (Å²) < 4.78 is 5.18. The van der Waals surface area contributed by atoms with Crippen LogP contribution in [-0.4, -0.2) is 24.3 Å². The topological polar surface area (TPSA) is 64.3 Å². The predicted octanol–water partition coefficient (Wildman–Crippen LogP) is 2.27. The monoisotopic (exact) mass is 230 g/mol. The first-order chi connectivity index (χ1) is 7.28. The molecule has 0 radical (unpaired) electrons. The summed E-state index contributed by atoms with van der Waals surface area (Å²) in [6.07, 6.45) is 1.60. The summed E-state index contributed by atoms with van der Waals surface area (Å²) in [4.78, 5) is 11.5. The van der Waals surface area contributed by atoms with Crippen LogP contribution in [0.4, 0.5) is 4.79 Å². The highest BCUT2D eigenvalue weighted by atomic mass is 16.6. The average Bonchev–Trinajstić information content (AvgIpc) is 2.13. The molecular weight excluding hydrogens is 204 g/mol. The second-order valence-corrected chi connectivity index (χ2v) is 5.33. The van der Waals surface area contributed by atoms with Crippen molar-refractivity contribution in [3.05, 3.63) is 0 Å². The molecule has 0 aliphatic rings. The maximum atomic E-state index is 11.5. The minimum Gasteiger partial charge on any atom is -0.444 e. The fourth-order valence-electron chi connectivity index (χ4n) is 1.34. The van der Waals surface area contributed by atoms with Crippen LogP contribution in [0.15, 0.2) is 0 Å². The number of carbonyl (C=O) groups excluding carboxylic acids is 1. The van der Waals surface area contributed by atoms with E-state index in [9.17, 15) is 4.79 Å². The molecule has 0 aromatic rings. The van der Waals surface area contributed by atoms with Gasteiger partial charge in [-0.3, -0.25) is 0 Å². The van der Waals surface area contributed by atoms with Gasteiger partial charge in [-0.25, -0.2) is 4.79 Å². The molecule has 4 nitrogen and oxygen atoms in total. The minimum absolute atomic E-state index is 0.00444. The molecule has 0 spiro atoms. The van der Waals surface area contributed by atoms with Gasteiger partial charge in [-0.1, -0.05) is 20.3 Å². The van der Waals surface area contributed by atoms with Crippen LogP contribution in [-0.2, 0) is 4.74 Å². The maximum Gasteiger partial charge on any atom is 0.407 e. The number of ether oxygens (including phenoxy) is 1. The standard InChI is InChI=1S/C12H26N2O2/c1-6-9(2)7-10(8-13)14-11(15)16-12(3,4)5/h9-10H,6-8,13H2,1-5H3,(H,14,15)/t9?,10-/m0/s1. The van der Waals surface area contributed by atoms with Gasteiger partial charge in [0.15, 0.2) is 0 Å². The van der Waals surface area contributed by atoms with Gasteiger partial charge in [0.2, 0.25) is 0 Å². The molecule has 0 saturated heterocycles. The van der Waals surface area contributed by atoms with Crippen molar-refractivity contribution in [2.75, 3.05) is 6.54 Å². The number of nitrogens with two attached hydrogens (primary N) is 1. The fourth-order valence-corrected chi connectivity index (χ4v) is 1.34. The van der Waals surface area contributed by atoms with Gasteiger partial charge < -0.3 is 15.8 Å². The Labute approximate surface area is 98.9 Å². The summed E-state index contributed by atoms with van der Waals surface area (Å²) >= 11 is 0. The molecule has 16 heavy (non-hydrogen) atoms. The number of alkyl carbamates (subject to hydrolysis) is 1. The van der Waals surface area contributed by atoms with E-state index in [4.69, 9.17) is 10.5 Å². The third-order valence-corrected chi connectivity index (χ3v) is 2.39. The minimum atomic E-state index is -0.459. The maximum absolute atomic E-state index is 11.5. The van der Waals surface area contributed by atoms with E-state index < -0.39 is 5.60 Å². The highest BCUT2D eigenvalue weighted by molar-refractivity contribution is 5.68. The molecule has 0 bridgehead atoms. The largest absolute Gasteiger partial charge is 0.444 e. The molecule has 0 aliphatic heterocycles. The summed E-state index contributed by atoms with van der Waals surface area (Å²) in [5, 5.41) is 2.80. The summed E-state index contributed by atoms with van der Waals surface area (Å²) in [6.45, 7) is 10.3. The van der Waals surface area contributed by atoms with Crippen molar-refractivity contribution >= 4 is 6.09 Å². The van der Waals surface area contributed by atoms with E-state index in [0.29, 0.717) is 12.5 Å². The number of hydrogen-bond acceptors (Lipinski definition) is 3. The Bertz CT molecular complexity index is 212. The molecule has 4 heteroatoms. The molecular formula is C12H26N2O2. The van der Waals surface area contributed by atoms with Crippen molar-refractivity contribution in [1.29, 1.82) is 0 Å². The Morgan fingerprint density at radius 3 is 2.38 bits per heavy atom. The SMILES string of the molecule is CCC(C)C[C@@H](CN)NC(=O)OC(C)(C)C. The normalized spacial score (nSPS) is 15.4. The lowest BCUT2D eigenvalue weighted by Gasteiger charge is -2.24. The van der Waals surface area contributed by atoms with E-state index in [0.717, 1.165) is 12.8 Å². The Morgan fingerprint density at radius 1 is 1.44 bits per heavy atom. The van der Waals surface area contributed by atoms with E-state index in [1.165, 1.54) is 0 Å². The highest BCUT2D eigenvalue weighted by Gasteiger charge is 2.19. The third kappa shape index (κ3) is 7.51. The highest BCUT2D eigenvalue weighted by Crippen LogP contribution is 2.11. The lowest BCUT2D eigenvalue weighted by atomic mass is 9.99. The first-order valence-electron chi connectivity index (χ1n) is 5.98. The second-order valence-electron chi connectivity index (χ2n) is 5.33. The molecule has 0 rings (SSSR count). The van der Waals surface area contributed by atoms with Crippen molar-refractivity contribution in [2.45, 2.75) is 59.1 Å². The van der Waals surface area contributed by atoms with Gasteiger partial charge in [0, 0.05) is 12.6 Å². The Hall–Kier alpha value is -0.770. The molecule has 2 atom stereocenters. The molecule has 0 heterocycles. The van der Waals surface area contributed by atoms with Crippen LogP contribution >= 0.6 is 0 Å². The Balaban J connectivity index is 4.07. The van der Waals surface area contributed by atoms with Crippen LogP contribution in [0.5, 0.6) is 0 Å². The zero-order valence-corrected chi connectivity index (χ0v) is 11.2. The molecule has 0 aromatic carbocycles. The molecule has 0 saturated carbocycles. The van der Waals surface area contributed by atoms with Crippen LogP contribution in [0.1, 0.15) is 47.5 Å². The molecule has 0 fully saturated rings. The number of nitrogens with one attached hydrogen (secondary N) is 1. The van der Waals surface area contributed by atoms with Crippen molar-refractivity contribution in [2.24, 2.45) is 11.7 Å². The van der Waals surface area contributed by atoms with Gasteiger partial charge in [0.25, 0.3) is 0 Å². The lowest BCUT2D eigenvalue weighted by Crippen LogP contribution is -2.43. The molecule has 96 valence electrons. The van der Waals surface area contributed by atoms with Crippen molar-refractivity contribution in [3.8, 4) is 0 Å².